The van der Waals surface area contributed by atoms with Gasteiger partial charge < -0.3 is 4.57 Å². The van der Waals surface area contributed by atoms with Gasteiger partial charge >= 0.3 is 0 Å². The molecule has 0 unspecified atom stereocenters. The Bertz CT molecular complexity index is 1220. The number of sulfonamides is 1. The highest BCUT2D eigenvalue weighted by Crippen LogP contribution is 2.29. The highest BCUT2D eigenvalue weighted by Gasteiger charge is 2.24. The van der Waals surface area contributed by atoms with Gasteiger partial charge in [-0.1, -0.05) is 25.1 Å². The molecule has 0 radical (unpaired) electrons. The second kappa shape index (κ2) is 9.26. The standard InChI is InChI=1S/C19H21N5O3S3/c1-3-4-7-24-16-6-5-13(30(21,26)27)8-15(16)23-19(24)29-11-17(25)14(9-20)18-22-12(2)10-28-18/h5-6,8,10,14H,3-4,7,11H2,1-2H3,(H2,21,26,27)/t14-/m1/s1. The van der Waals surface area contributed by atoms with Crippen molar-refractivity contribution in [1.29, 1.82) is 5.26 Å². The number of imidazole rings is 1. The third kappa shape index (κ3) is 4.89. The van der Waals surface area contributed by atoms with Crippen LogP contribution in [0.3, 0.4) is 0 Å². The van der Waals surface area contributed by atoms with E-state index in [0.717, 1.165) is 24.1 Å². The Morgan fingerprint density at radius 2 is 2.17 bits per heavy atom. The van der Waals surface area contributed by atoms with Gasteiger partial charge in [0.2, 0.25) is 10.0 Å². The fourth-order valence-electron chi connectivity index (χ4n) is 2.90. The molecule has 8 nitrogen and oxygen atoms in total. The van der Waals surface area contributed by atoms with E-state index in [1.54, 1.807) is 6.07 Å². The average molecular weight is 464 g/mol. The van der Waals surface area contributed by atoms with Crippen molar-refractivity contribution in [2.45, 2.75) is 49.2 Å². The summed E-state index contributed by atoms with van der Waals surface area (Å²) in [6.45, 7) is 4.58. The van der Waals surface area contributed by atoms with Gasteiger partial charge in [-0.3, -0.25) is 4.79 Å². The van der Waals surface area contributed by atoms with E-state index < -0.39 is 15.9 Å². The van der Waals surface area contributed by atoms with Crippen LogP contribution in [0.2, 0.25) is 0 Å². The molecule has 0 spiro atoms. The Morgan fingerprint density at radius 1 is 1.40 bits per heavy atom. The van der Waals surface area contributed by atoms with Crippen LogP contribution < -0.4 is 5.14 Å². The van der Waals surface area contributed by atoms with Gasteiger partial charge in [-0.2, -0.15) is 5.26 Å². The number of nitrogens with zero attached hydrogens (tertiary/aromatic N) is 4. The summed E-state index contributed by atoms with van der Waals surface area (Å²) in [6, 6.07) is 6.62. The normalized spacial score (nSPS) is 12.7. The van der Waals surface area contributed by atoms with Gasteiger partial charge in [0, 0.05) is 17.6 Å². The molecule has 158 valence electrons. The highest BCUT2D eigenvalue weighted by atomic mass is 32.2. The summed E-state index contributed by atoms with van der Waals surface area (Å²) >= 11 is 2.54. The number of unbranched alkanes of at least 4 members (excludes halogenated alkanes) is 1. The van der Waals surface area contributed by atoms with Crippen molar-refractivity contribution in [1.82, 2.24) is 14.5 Å². The third-order valence-electron chi connectivity index (χ3n) is 4.43. The lowest BCUT2D eigenvalue weighted by Gasteiger charge is -2.09. The summed E-state index contributed by atoms with van der Waals surface area (Å²) in [5.74, 6) is -1.08. The van der Waals surface area contributed by atoms with Crippen LogP contribution in [0, 0.1) is 18.3 Å². The first-order chi connectivity index (χ1) is 14.2. The van der Waals surface area contributed by atoms with Crippen LogP contribution in [-0.2, 0) is 21.4 Å². The molecular weight excluding hydrogens is 442 g/mol. The molecule has 0 saturated carbocycles. The van der Waals surface area contributed by atoms with E-state index in [2.05, 4.69) is 16.9 Å². The molecular formula is C19H21N5O3S3. The van der Waals surface area contributed by atoms with Crippen molar-refractivity contribution in [2.75, 3.05) is 5.75 Å². The molecule has 0 aliphatic rings. The van der Waals surface area contributed by atoms with Gasteiger partial charge in [-0.25, -0.2) is 23.5 Å². The molecule has 2 aromatic heterocycles. The van der Waals surface area contributed by atoms with Crippen LogP contribution in [0.15, 0.2) is 33.6 Å². The number of aryl methyl sites for hydroxylation is 2. The van der Waals surface area contributed by atoms with Crippen molar-refractivity contribution in [3.63, 3.8) is 0 Å². The molecule has 1 atom stereocenters. The van der Waals surface area contributed by atoms with Crippen LogP contribution >= 0.6 is 23.1 Å². The fourth-order valence-corrected chi connectivity index (χ4v) is 5.24. The summed E-state index contributed by atoms with van der Waals surface area (Å²) in [5, 5.41) is 17.6. The van der Waals surface area contributed by atoms with Gasteiger partial charge in [0.05, 0.1) is 27.8 Å². The van der Waals surface area contributed by atoms with E-state index in [-0.39, 0.29) is 16.4 Å². The molecule has 2 N–H and O–H groups in total. The predicted octanol–water partition coefficient (Wildman–Crippen LogP) is 3.22. The molecule has 30 heavy (non-hydrogen) atoms. The van der Waals surface area contributed by atoms with Gasteiger partial charge in [-0.15, -0.1) is 11.3 Å². The SMILES string of the molecule is CCCCn1c(SCC(=O)[C@@H](C#N)c2nc(C)cs2)nc2cc(S(N)(=O)=O)ccc21. The molecule has 0 amide bonds. The highest BCUT2D eigenvalue weighted by molar-refractivity contribution is 7.99. The van der Waals surface area contributed by atoms with Crippen molar-refractivity contribution in [3.8, 4) is 6.07 Å². The number of rotatable bonds is 9. The predicted molar refractivity (Wildman–Crippen MR) is 117 cm³/mol. The van der Waals surface area contributed by atoms with Crippen LogP contribution in [-0.4, -0.2) is 34.5 Å². The number of benzene rings is 1. The second-order valence-corrected chi connectivity index (χ2v) is 10.1. The molecule has 11 heteroatoms. The molecule has 3 aromatic rings. The Kier molecular flexibility index (Phi) is 6.92. The van der Waals surface area contributed by atoms with E-state index in [4.69, 9.17) is 5.14 Å². The minimum absolute atomic E-state index is 0.00791. The number of primary sulfonamides is 1. The first kappa shape index (κ1) is 22.4. The second-order valence-electron chi connectivity index (χ2n) is 6.74. The first-order valence-corrected chi connectivity index (χ1v) is 12.7. The number of thioether (sulfide) groups is 1. The Hall–Kier alpha value is -2.26. The smallest absolute Gasteiger partial charge is 0.238 e. The fraction of sp³-hybridized carbons (Fsp3) is 0.368. The van der Waals surface area contributed by atoms with Crippen LogP contribution in [0.5, 0.6) is 0 Å². The lowest BCUT2D eigenvalue weighted by molar-refractivity contribution is -0.116. The Balaban J connectivity index is 1.88. The van der Waals surface area contributed by atoms with Crippen LogP contribution in [0.4, 0.5) is 0 Å². The van der Waals surface area contributed by atoms with E-state index in [1.807, 2.05) is 22.9 Å². The monoisotopic (exact) mass is 463 g/mol. The van der Waals surface area contributed by atoms with Gasteiger partial charge in [-0.05, 0) is 31.5 Å². The van der Waals surface area contributed by atoms with Gasteiger partial charge in [0.25, 0.3) is 0 Å². The van der Waals surface area contributed by atoms with Crippen molar-refractivity contribution < 1.29 is 13.2 Å². The zero-order valence-electron chi connectivity index (χ0n) is 16.5. The molecule has 0 saturated heterocycles. The van der Waals surface area contributed by atoms with Crippen molar-refractivity contribution in [2.24, 2.45) is 5.14 Å². The van der Waals surface area contributed by atoms with E-state index in [1.165, 1.54) is 35.2 Å². The number of fused-ring (bicyclic) bond motifs is 1. The van der Waals surface area contributed by atoms with Crippen LogP contribution in [0.1, 0.15) is 36.4 Å². The summed E-state index contributed by atoms with van der Waals surface area (Å²) in [7, 11) is -3.84. The number of ketones is 1. The number of thiazole rings is 1. The number of nitrogens with two attached hydrogens (primary N) is 1. The number of nitriles is 1. The molecule has 0 aliphatic heterocycles. The third-order valence-corrected chi connectivity index (χ3v) is 7.36. The molecule has 2 heterocycles. The average Bonchev–Trinajstić information content (AvgIpc) is 3.27. The Morgan fingerprint density at radius 3 is 2.77 bits per heavy atom. The maximum atomic E-state index is 12.7. The minimum atomic E-state index is -3.84. The zero-order chi connectivity index (χ0) is 21.9. The molecule has 0 bridgehead atoms. The molecule has 1 aromatic carbocycles. The number of hydrogen-bond acceptors (Lipinski definition) is 8. The summed E-state index contributed by atoms with van der Waals surface area (Å²) in [6.07, 6.45) is 1.88. The molecule has 3 rings (SSSR count). The molecule has 0 fully saturated rings. The summed E-state index contributed by atoms with van der Waals surface area (Å²) < 4.78 is 25.3. The number of aromatic nitrogens is 3. The first-order valence-electron chi connectivity index (χ1n) is 9.24. The van der Waals surface area contributed by atoms with E-state index in [0.29, 0.717) is 22.2 Å². The van der Waals surface area contributed by atoms with Gasteiger partial charge in [0.1, 0.15) is 5.01 Å². The number of carbonyl (C=O) groups is 1. The largest absolute Gasteiger partial charge is 0.319 e. The number of hydrogen-bond donors (Lipinski definition) is 1. The Labute approximate surface area is 183 Å². The quantitative estimate of drug-likeness (QED) is 0.482. The summed E-state index contributed by atoms with van der Waals surface area (Å²) in [4.78, 5) is 21.5. The lowest BCUT2D eigenvalue weighted by atomic mass is 10.1. The summed E-state index contributed by atoms with van der Waals surface area (Å²) in [5.41, 5.74) is 2.06. The van der Waals surface area contributed by atoms with Crippen molar-refractivity contribution in [3.05, 3.63) is 34.3 Å². The zero-order valence-corrected chi connectivity index (χ0v) is 19.0. The lowest BCUT2D eigenvalue weighted by Crippen LogP contribution is -2.14. The minimum Gasteiger partial charge on any atom is -0.319 e. The maximum absolute atomic E-state index is 12.7. The topological polar surface area (TPSA) is 132 Å². The van der Waals surface area contributed by atoms with E-state index in [9.17, 15) is 18.5 Å². The molecule has 0 aliphatic carbocycles. The number of carbonyl (C=O) groups excluding carboxylic acids is 1. The maximum Gasteiger partial charge on any atom is 0.238 e. The van der Waals surface area contributed by atoms with E-state index >= 15 is 0 Å². The van der Waals surface area contributed by atoms with Crippen LogP contribution in [0.25, 0.3) is 11.0 Å². The van der Waals surface area contributed by atoms with Crippen molar-refractivity contribution >= 4 is 49.9 Å². The van der Waals surface area contributed by atoms with Gasteiger partial charge in [0.15, 0.2) is 16.9 Å². The number of Topliss-reactive ketones (excluding diaryl/α,β-unsaturated/α-hetero) is 1.